The summed E-state index contributed by atoms with van der Waals surface area (Å²) in [6.07, 6.45) is 0. The Morgan fingerprint density at radius 3 is 2.61 bits per heavy atom. The molecule has 116 valence electrons. The third-order valence-corrected chi connectivity index (χ3v) is 3.81. The summed E-state index contributed by atoms with van der Waals surface area (Å²) in [4.78, 5) is 20.6. The standard InChI is InChI=1S/C18H15ClN2O2/c1-3-23-18(22)16-10-15-13(11(2)20-16)9-14(17(19)21-15)12-7-5-4-6-8-12/h4-10H,3H2,1-2H3. The van der Waals surface area contributed by atoms with Gasteiger partial charge >= 0.3 is 5.97 Å². The summed E-state index contributed by atoms with van der Waals surface area (Å²) in [5.41, 5.74) is 3.42. The maximum absolute atomic E-state index is 11.9. The summed E-state index contributed by atoms with van der Waals surface area (Å²) in [6, 6.07) is 13.4. The Hall–Kier alpha value is -2.46. The van der Waals surface area contributed by atoms with E-state index < -0.39 is 5.97 Å². The Morgan fingerprint density at radius 2 is 1.91 bits per heavy atom. The predicted octanol–water partition coefficient (Wildman–Crippen LogP) is 4.44. The maximum Gasteiger partial charge on any atom is 0.356 e. The van der Waals surface area contributed by atoms with Crippen molar-refractivity contribution in [1.29, 1.82) is 0 Å². The van der Waals surface area contributed by atoms with Crippen molar-refractivity contribution in [3.05, 3.63) is 59.0 Å². The van der Waals surface area contributed by atoms with Crippen molar-refractivity contribution < 1.29 is 9.53 Å². The zero-order valence-electron chi connectivity index (χ0n) is 12.8. The highest BCUT2D eigenvalue weighted by Gasteiger charge is 2.14. The molecular formula is C18H15ClN2O2. The molecular weight excluding hydrogens is 312 g/mol. The molecule has 0 amide bonds. The lowest BCUT2D eigenvalue weighted by molar-refractivity contribution is 0.0519. The van der Waals surface area contributed by atoms with E-state index in [1.165, 1.54) is 0 Å². The van der Waals surface area contributed by atoms with Crippen LogP contribution in [0, 0.1) is 6.92 Å². The fourth-order valence-corrected chi connectivity index (χ4v) is 2.69. The van der Waals surface area contributed by atoms with Gasteiger partial charge in [-0.05, 0) is 31.5 Å². The average Bonchev–Trinajstić information content (AvgIpc) is 2.55. The van der Waals surface area contributed by atoms with Crippen LogP contribution in [0.4, 0.5) is 0 Å². The van der Waals surface area contributed by atoms with Crippen molar-refractivity contribution in [2.24, 2.45) is 0 Å². The molecule has 0 N–H and O–H groups in total. The van der Waals surface area contributed by atoms with Crippen LogP contribution in [0.15, 0.2) is 42.5 Å². The van der Waals surface area contributed by atoms with E-state index in [4.69, 9.17) is 16.3 Å². The van der Waals surface area contributed by atoms with E-state index in [0.29, 0.717) is 23.0 Å². The molecule has 2 heterocycles. The van der Waals surface area contributed by atoms with Gasteiger partial charge in [0.1, 0.15) is 5.15 Å². The van der Waals surface area contributed by atoms with Gasteiger partial charge < -0.3 is 4.74 Å². The van der Waals surface area contributed by atoms with Crippen LogP contribution in [-0.2, 0) is 4.74 Å². The first-order chi connectivity index (χ1) is 11.1. The van der Waals surface area contributed by atoms with E-state index in [1.807, 2.05) is 43.3 Å². The first-order valence-electron chi connectivity index (χ1n) is 7.30. The summed E-state index contributed by atoms with van der Waals surface area (Å²) in [5.74, 6) is -0.456. The van der Waals surface area contributed by atoms with Gasteiger partial charge in [-0.25, -0.2) is 14.8 Å². The van der Waals surface area contributed by atoms with Crippen LogP contribution in [0.2, 0.25) is 5.15 Å². The van der Waals surface area contributed by atoms with E-state index in [0.717, 1.165) is 16.5 Å². The number of esters is 1. The topological polar surface area (TPSA) is 52.1 Å². The molecule has 0 spiro atoms. The van der Waals surface area contributed by atoms with E-state index in [9.17, 15) is 4.79 Å². The molecule has 0 aliphatic carbocycles. The highest BCUT2D eigenvalue weighted by molar-refractivity contribution is 6.32. The number of nitrogens with zero attached hydrogens (tertiary/aromatic N) is 2. The zero-order valence-corrected chi connectivity index (χ0v) is 13.6. The molecule has 2 aromatic heterocycles. The van der Waals surface area contributed by atoms with Gasteiger partial charge in [0.05, 0.1) is 12.1 Å². The average molecular weight is 327 g/mol. The second-order valence-electron chi connectivity index (χ2n) is 5.07. The van der Waals surface area contributed by atoms with E-state index >= 15 is 0 Å². The Balaban J connectivity index is 2.16. The molecule has 5 heteroatoms. The van der Waals surface area contributed by atoms with Crippen LogP contribution >= 0.6 is 11.6 Å². The van der Waals surface area contributed by atoms with Gasteiger partial charge in [0.15, 0.2) is 5.69 Å². The fourth-order valence-electron chi connectivity index (χ4n) is 2.44. The number of fused-ring (bicyclic) bond motifs is 1. The Morgan fingerprint density at radius 1 is 1.17 bits per heavy atom. The van der Waals surface area contributed by atoms with Gasteiger partial charge in [-0.15, -0.1) is 0 Å². The largest absolute Gasteiger partial charge is 0.461 e. The van der Waals surface area contributed by atoms with Gasteiger partial charge in [-0.1, -0.05) is 41.9 Å². The highest BCUT2D eigenvalue weighted by Crippen LogP contribution is 2.30. The summed E-state index contributed by atoms with van der Waals surface area (Å²) < 4.78 is 4.99. The Labute approximate surface area is 139 Å². The third kappa shape index (κ3) is 3.03. The first-order valence-corrected chi connectivity index (χ1v) is 7.68. The lowest BCUT2D eigenvalue weighted by Crippen LogP contribution is -2.08. The molecule has 0 aliphatic rings. The lowest BCUT2D eigenvalue weighted by atomic mass is 10.0. The Bertz CT molecular complexity index is 879. The summed E-state index contributed by atoms with van der Waals surface area (Å²) in [7, 11) is 0. The van der Waals surface area contributed by atoms with Crippen LogP contribution in [-0.4, -0.2) is 22.5 Å². The SMILES string of the molecule is CCOC(=O)c1cc2nc(Cl)c(-c3ccccc3)cc2c(C)n1. The number of carbonyl (C=O) groups excluding carboxylic acids is 1. The molecule has 3 rings (SSSR count). The van der Waals surface area contributed by atoms with Crippen molar-refractivity contribution in [2.75, 3.05) is 6.61 Å². The minimum absolute atomic E-state index is 0.243. The van der Waals surface area contributed by atoms with Gasteiger partial charge in [-0.3, -0.25) is 0 Å². The van der Waals surface area contributed by atoms with Crippen molar-refractivity contribution in [2.45, 2.75) is 13.8 Å². The summed E-state index contributed by atoms with van der Waals surface area (Å²) in [5, 5.41) is 1.26. The summed E-state index contributed by atoms with van der Waals surface area (Å²) >= 11 is 6.34. The highest BCUT2D eigenvalue weighted by atomic mass is 35.5. The molecule has 4 nitrogen and oxygen atoms in total. The maximum atomic E-state index is 11.9. The number of benzene rings is 1. The van der Waals surface area contributed by atoms with Crippen molar-refractivity contribution in [3.63, 3.8) is 0 Å². The van der Waals surface area contributed by atoms with Crippen LogP contribution in [0.25, 0.3) is 22.0 Å². The van der Waals surface area contributed by atoms with Crippen LogP contribution in [0.1, 0.15) is 23.1 Å². The molecule has 0 bridgehead atoms. The first kappa shape index (κ1) is 15.4. The number of halogens is 1. The van der Waals surface area contributed by atoms with Gasteiger partial charge in [0, 0.05) is 16.6 Å². The monoisotopic (exact) mass is 326 g/mol. The normalized spacial score (nSPS) is 10.7. The number of pyridine rings is 2. The smallest absolute Gasteiger partial charge is 0.356 e. The number of aryl methyl sites for hydroxylation is 1. The number of aromatic nitrogens is 2. The van der Waals surface area contributed by atoms with Crippen LogP contribution < -0.4 is 0 Å². The van der Waals surface area contributed by atoms with Crippen molar-refractivity contribution in [3.8, 4) is 11.1 Å². The molecule has 0 fully saturated rings. The van der Waals surface area contributed by atoms with Crippen molar-refractivity contribution in [1.82, 2.24) is 9.97 Å². The lowest BCUT2D eigenvalue weighted by Gasteiger charge is -2.09. The minimum Gasteiger partial charge on any atom is -0.461 e. The van der Waals surface area contributed by atoms with E-state index in [2.05, 4.69) is 9.97 Å². The third-order valence-electron chi connectivity index (χ3n) is 3.53. The van der Waals surface area contributed by atoms with Gasteiger partial charge in [0.25, 0.3) is 0 Å². The second kappa shape index (κ2) is 6.34. The Kier molecular flexibility index (Phi) is 4.26. The van der Waals surface area contributed by atoms with Crippen LogP contribution in [0.3, 0.4) is 0 Å². The predicted molar refractivity (Wildman–Crippen MR) is 90.7 cm³/mol. The zero-order chi connectivity index (χ0) is 16.4. The molecule has 0 atom stereocenters. The number of ether oxygens (including phenoxy) is 1. The molecule has 1 aromatic carbocycles. The van der Waals surface area contributed by atoms with E-state index in [-0.39, 0.29) is 5.69 Å². The minimum atomic E-state index is -0.456. The van der Waals surface area contributed by atoms with Gasteiger partial charge in [0.2, 0.25) is 0 Å². The molecule has 0 radical (unpaired) electrons. The number of hydrogen-bond acceptors (Lipinski definition) is 4. The molecule has 0 saturated heterocycles. The van der Waals surface area contributed by atoms with E-state index in [1.54, 1.807) is 13.0 Å². The number of rotatable bonds is 3. The summed E-state index contributed by atoms with van der Waals surface area (Å²) in [6.45, 7) is 3.90. The fraction of sp³-hybridized carbons (Fsp3) is 0.167. The molecule has 0 unspecified atom stereocenters. The second-order valence-corrected chi connectivity index (χ2v) is 5.43. The quantitative estimate of drug-likeness (QED) is 0.527. The molecule has 0 saturated carbocycles. The van der Waals surface area contributed by atoms with Crippen LogP contribution in [0.5, 0.6) is 0 Å². The molecule has 23 heavy (non-hydrogen) atoms. The van der Waals surface area contributed by atoms with Gasteiger partial charge in [-0.2, -0.15) is 0 Å². The van der Waals surface area contributed by atoms with Crippen molar-refractivity contribution >= 4 is 28.5 Å². The molecule has 3 aromatic rings. The molecule has 0 aliphatic heterocycles. The number of hydrogen-bond donors (Lipinski definition) is 0. The number of carbonyl (C=O) groups is 1.